The molecule has 1 aliphatic rings. The quantitative estimate of drug-likeness (QED) is 0.732. The Kier molecular flexibility index (Phi) is 4.32. The van der Waals surface area contributed by atoms with Crippen molar-refractivity contribution in [3.8, 4) is 0 Å². The van der Waals surface area contributed by atoms with Crippen molar-refractivity contribution in [3.05, 3.63) is 17.5 Å². The van der Waals surface area contributed by atoms with E-state index in [0.717, 1.165) is 5.69 Å². The van der Waals surface area contributed by atoms with E-state index in [2.05, 4.69) is 15.5 Å². The summed E-state index contributed by atoms with van der Waals surface area (Å²) in [6.45, 7) is 2.30. The number of aromatic amines is 1. The normalized spacial score (nSPS) is 16.4. The average Bonchev–Trinajstić information content (AvgIpc) is 2.96. The van der Waals surface area contributed by atoms with Crippen molar-refractivity contribution in [3.63, 3.8) is 0 Å². The monoisotopic (exact) mass is 244 g/mol. The van der Waals surface area contributed by atoms with E-state index < -0.39 is 0 Å². The number of hydrogen-bond donors (Lipinski definition) is 3. The lowest BCUT2D eigenvalue weighted by Gasteiger charge is -2.08. The van der Waals surface area contributed by atoms with Crippen LogP contribution >= 0.6 is 12.4 Å². The zero-order chi connectivity index (χ0) is 10.8. The summed E-state index contributed by atoms with van der Waals surface area (Å²) >= 11 is 0. The molecule has 2 rings (SSSR count). The Balaban J connectivity index is 0.00000128. The highest BCUT2D eigenvalue weighted by Gasteiger charge is 2.26. The molecular formula is C10H17ClN4O. The molecular weight excluding hydrogens is 228 g/mol. The van der Waals surface area contributed by atoms with Crippen LogP contribution in [0.4, 0.5) is 0 Å². The summed E-state index contributed by atoms with van der Waals surface area (Å²) in [5.74, 6) is 0.432. The van der Waals surface area contributed by atoms with Crippen LogP contribution in [-0.2, 0) is 0 Å². The first-order chi connectivity index (χ1) is 7.20. The molecule has 0 aromatic carbocycles. The Morgan fingerprint density at radius 1 is 1.75 bits per heavy atom. The first-order valence-corrected chi connectivity index (χ1v) is 5.27. The number of H-pyrrole nitrogens is 1. The van der Waals surface area contributed by atoms with Gasteiger partial charge in [0.15, 0.2) is 0 Å². The minimum Gasteiger partial charge on any atom is -0.347 e. The molecule has 1 saturated carbocycles. The number of nitrogens with zero attached hydrogens (tertiary/aromatic N) is 1. The van der Waals surface area contributed by atoms with Gasteiger partial charge in [-0.3, -0.25) is 9.89 Å². The van der Waals surface area contributed by atoms with Gasteiger partial charge in [-0.05, 0) is 25.8 Å². The van der Waals surface area contributed by atoms with Crippen LogP contribution in [0.15, 0.2) is 6.07 Å². The lowest BCUT2D eigenvalue weighted by Crippen LogP contribution is -2.37. The van der Waals surface area contributed by atoms with Gasteiger partial charge in [-0.25, -0.2) is 0 Å². The summed E-state index contributed by atoms with van der Waals surface area (Å²) in [6.07, 6.45) is 2.39. The number of aromatic nitrogens is 2. The molecule has 0 unspecified atom stereocenters. The third-order valence-corrected chi connectivity index (χ3v) is 2.58. The molecule has 0 aliphatic heterocycles. The predicted molar refractivity (Wildman–Crippen MR) is 63.8 cm³/mol. The molecule has 6 heteroatoms. The van der Waals surface area contributed by atoms with Gasteiger partial charge in [0.05, 0.1) is 0 Å². The average molecular weight is 245 g/mol. The van der Waals surface area contributed by atoms with Gasteiger partial charge in [0.2, 0.25) is 0 Å². The van der Waals surface area contributed by atoms with E-state index in [1.807, 2.05) is 13.0 Å². The highest BCUT2D eigenvalue weighted by atomic mass is 35.5. The second-order valence-electron chi connectivity index (χ2n) is 4.09. The standard InChI is InChI=1S/C10H16N4O.ClH/c1-6(5-11)12-10(15)9-4-8(13-14-9)7-2-3-7;/h4,6-7H,2-3,5,11H2,1H3,(H,12,15)(H,13,14);1H/t6-;/m0./s1. The molecule has 1 aromatic rings. The maximum absolute atomic E-state index is 11.6. The van der Waals surface area contributed by atoms with E-state index in [4.69, 9.17) is 5.73 Å². The second kappa shape index (κ2) is 5.32. The SMILES string of the molecule is C[C@@H](CN)NC(=O)c1cc(C2CC2)[nH]n1.Cl. The Morgan fingerprint density at radius 2 is 2.44 bits per heavy atom. The summed E-state index contributed by atoms with van der Waals surface area (Å²) in [6, 6.07) is 1.81. The topological polar surface area (TPSA) is 83.8 Å². The van der Waals surface area contributed by atoms with E-state index in [9.17, 15) is 4.79 Å². The van der Waals surface area contributed by atoms with Gasteiger partial charge in [0.1, 0.15) is 5.69 Å². The van der Waals surface area contributed by atoms with Crippen LogP contribution in [0.25, 0.3) is 0 Å². The van der Waals surface area contributed by atoms with Crippen molar-refractivity contribution < 1.29 is 4.79 Å². The number of nitrogens with two attached hydrogens (primary N) is 1. The summed E-state index contributed by atoms with van der Waals surface area (Å²) in [4.78, 5) is 11.6. The lowest BCUT2D eigenvalue weighted by molar-refractivity contribution is 0.0936. The van der Waals surface area contributed by atoms with Gasteiger partial charge in [-0.2, -0.15) is 5.10 Å². The fraction of sp³-hybridized carbons (Fsp3) is 0.600. The summed E-state index contributed by atoms with van der Waals surface area (Å²) < 4.78 is 0. The van der Waals surface area contributed by atoms with Crippen LogP contribution in [0, 0.1) is 0 Å². The number of rotatable bonds is 4. The molecule has 1 atom stereocenters. The largest absolute Gasteiger partial charge is 0.347 e. The Morgan fingerprint density at radius 3 is 3.00 bits per heavy atom. The predicted octanol–water partition coefficient (Wildman–Crippen LogP) is 0.786. The van der Waals surface area contributed by atoms with E-state index >= 15 is 0 Å². The zero-order valence-corrected chi connectivity index (χ0v) is 10.0. The number of carbonyl (C=O) groups excluding carboxylic acids is 1. The molecule has 0 spiro atoms. The van der Waals surface area contributed by atoms with E-state index in [0.29, 0.717) is 18.2 Å². The van der Waals surface area contributed by atoms with Crippen LogP contribution in [-0.4, -0.2) is 28.7 Å². The third kappa shape index (κ3) is 2.96. The smallest absolute Gasteiger partial charge is 0.272 e. The number of nitrogens with one attached hydrogen (secondary N) is 2. The van der Waals surface area contributed by atoms with E-state index in [-0.39, 0.29) is 24.4 Å². The van der Waals surface area contributed by atoms with Crippen LogP contribution in [0.1, 0.15) is 41.9 Å². The zero-order valence-electron chi connectivity index (χ0n) is 9.19. The first kappa shape index (κ1) is 13.0. The number of amides is 1. The maximum Gasteiger partial charge on any atom is 0.272 e. The van der Waals surface area contributed by atoms with E-state index in [1.54, 1.807) is 0 Å². The van der Waals surface area contributed by atoms with Crippen LogP contribution in [0.5, 0.6) is 0 Å². The Bertz CT molecular complexity index is 361. The molecule has 0 radical (unpaired) electrons. The molecule has 4 N–H and O–H groups in total. The molecule has 1 heterocycles. The Labute approximate surface area is 101 Å². The molecule has 1 amide bonds. The fourth-order valence-corrected chi connectivity index (χ4v) is 1.41. The van der Waals surface area contributed by atoms with Crippen molar-refractivity contribution in [1.29, 1.82) is 0 Å². The summed E-state index contributed by atoms with van der Waals surface area (Å²) in [7, 11) is 0. The lowest BCUT2D eigenvalue weighted by atomic mass is 10.2. The first-order valence-electron chi connectivity index (χ1n) is 5.27. The molecule has 5 nitrogen and oxygen atoms in total. The number of halogens is 1. The van der Waals surface area contributed by atoms with Gasteiger partial charge in [-0.1, -0.05) is 0 Å². The van der Waals surface area contributed by atoms with E-state index in [1.165, 1.54) is 12.8 Å². The van der Waals surface area contributed by atoms with Crippen LogP contribution in [0.2, 0.25) is 0 Å². The molecule has 16 heavy (non-hydrogen) atoms. The second-order valence-corrected chi connectivity index (χ2v) is 4.09. The van der Waals surface area contributed by atoms with Gasteiger partial charge >= 0.3 is 0 Å². The van der Waals surface area contributed by atoms with Crippen LogP contribution < -0.4 is 11.1 Å². The summed E-state index contributed by atoms with van der Waals surface area (Å²) in [5.41, 5.74) is 6.94. The van der Waals surface area contributed by atoms with Gasteiger partial charge in [0.25, 0.3) is 5.91 Å². The highest BCUT2D eigenvalue weighted by Crippen LogP contribution is 2.38. The minimum atomic E-state index is -0.156. The van der Waals surface area contributed by atoms with Gasteiger partial charge in [0, 0.05) is 24.2 Å². The molecule has 90 valence electrons. The maximum atomic E-state index is 11.6. The fourth-order valence-electron chi connectivity index (χ4n) is 1.41. The van der Waals surface area contributed by atoms with Crippen molar-refractivity contribution in [2.45, 2.75) is 31.7 Å². The minimum absolute atomic E-state index is 0. The van der Waals surface area contributed by atoms with Crippen molar-refractivity contribution in [2.75, 3.05) is 6.54 Å². The van der Waals surface area contributed by atoms with Crippen molar-refractivity contribution >= 4 is 18.3 Å². The number of hydrogen-bond acceptors (Lipinski definition) is 3. The third-order valence-electron chi connectivity index (χ3n) is 2.58. The molecule has 1 aromatic heterocycles. The van der Waals surface area contributed by atoms with Gasteiger partial charge in [-0.15, -0.1) is 12.4 Å². The highest BCUT2D eigenvalue weighted by molar-refractivity contribution is 5.92. The summed E-state index contributed by atoms with van der Waals surface area (Å²) in [5, 5.41) is 9.66. The molecule has 0 bridgehead atoms. The van der Waals surface area contributed by atoms with Gasteiger partial charge < -0.3 is 11.1 Å². The molecule has 1 aliphatic carbocycles. The molecule has 1 fully saturated rings. The number of carbonyl (C=O) groups is 1. The van der Waals surface area contributed by atoms with Crippen molar-refractivity contribution in [2.24, 2.45) is 5.73 Å². The molecule has 0 saturated heterocycles. The Hall–Kier alpha value is -1.07. The van der Waals surface area contributed by atoms with Crippen molar-refractivity contribution in [1.82, 2.24) is 15.5 Å². The van der Waals surface area contributed by atoms with Crippen LogP contribution in [0.3, 0.4) is 0 Å².